The maximum Gasteiger partial charge on any atom is 0.184 e. The van der Waals surface area contributed by atoms with Crippen LogP contribution in [0.2, 0.25) is 0 Å². The highest BCUT2D eigenvalue weighted by Crippen LogP contribution is 2.33. The average Bonchev–Trinajstić information content (AvgIpc) is 2.47. The second kappa shape index (κ2) is 7.24. The second-order valence-corrected chi connectivity index (χ2v) is 6.12. The Hall–Kier alpha value is -0.860. The third-order valence-electron chi connectivity index (χ3n) is 4.26. The standard InChI is InChI=1S/C18H28O2/c1-5-7-17-14(6-2)12-19-18(20-17)16-10-8-15(9-11-16)13(3)4/h8-11,13-14,17-18H,5-7,12H2,1-4H3/t14-,17+,18+/m1/s1. The fourth-order valence-electron chi connectivity index (χ4n) is 2.81. The van der Waals surface area contributed by atoms with Gasteiger partial charge in [-0.15, -0.1) is 0 Å². The lowest BCUT2D eigenvalue weighted by Crippen LogP contribution is -2.35. The van der Waals surface area contributed by atoms with E-state index in [1.807, 2.05) is 0 Å². The first kappa shape index (κ1) is 15.5. The summed E-state index contributed by atoms with van der Waals surface area (Å²) in [5.41, 5.74) is 2.51. The van der Waals surface area contributed by atoms with E-state index in [0.29, 0.717) is 17.9 Å². The smallest absolute Gasteiger partial charge is 0.184 e. The molecule has 3 atom stereocenters. The molecule has 1 aromatic carbocycles. The van der Waals surface area contributed by atoms with Gasteiger partial charge in [-0.25, -0.2) is 0 Å². The summed E-state index contributed by atoms with van der Waals surface area (Å²) < 4.78 is 12.1. The molecule has 0 aromatic heterocycles. The van der Waals surface area contributed by atoms with Crippen LogP contribution in [-0.2, 0) is 9.47 Å². The van der Waals surface area contributed by atoms with Gasteiger partial charge in [0.05, 0.1) is 12.7 Å². The largest absolute Gasteiger partial charge is 0.348 e. The van der Waals surface area contributed by atoms with E-state index in [9.17, 15) is 0 Å². The van der Waals surface area contributed by atoms with Crippen molar-refractivity contribution in [3.8, 4) is 0 Å². The monoisotopic (exact) mass is 276 g/mol. The van der Waals surface area contributed by atoms with Gasteiger partial charge in [0.1, 0.15) is 0 Å². The van der Waals surface area contributed by atoms with Crippen LogP contribution in [0.15, 0.2) is 24.3 Å². The van der Waals surface area contributed by atoms with E-state index in [2.05, 4.69) is 52.0 Å². The van der Waals surface area contributed by atoms with Crippen LogP contribution in [-0.4, -0.2) is 12.7 Å². The predicted octanol–water partition coefficient (Wildman–Crippen LogP) is 5.05. The van der Waals surface area contributed by atoms with Crippen molar-refractivity contribution in [3.05, 3.63) is 35.4 Å². The summed E-state index contributed by atoms with van der Waals surface area (Å²) in [7, 11) is 0. The average molecular weight is 276 g/mol. The van der Waals surface area contributed by atoms with Crippen molar-refractivity contribution in [2.24, 2.45) is 5.92 Å². The second-order valence-electron chi connectivity index (χ2n) is 6.12. The lowest BCUT2D eigenvalue weighted by atomic mass is 9.95. The van der Waals surface area contributed by atoms with Crippen molar-refractivity contribution < 1.29 is 9.47 Å². The fourth-order valence-corrected chi connectivity index (χ4v) is 2.81. The van der Waals surface area contributed by atoms with Crippen molar-refractivity contribution in [1.29, 1.82) is 0 Å². The molecule has 1 aliphatic rings. The van der Waals surface area contributed by atoms with Crippen LogP contribution in [0, 0.1) is 5.92 Å². The Bertz CT molecular complexity index is 396. The van der Waals surface area contributed by atoms with Crippen molar-refractivity contribution in [2.75, 3.05) is 6.61 Å². The number of rotatable bonds is 5. The molecule has 2 heteroatoms. The van der Waals surface area contributed by atoms with Gasteiger partial charge in [-0.3, -0.25) is 0 Å². The molecule has 0 bridgehead atoms. The number of benzene rings is 1. The Morgan fingerprint density at radius 3 is 2.40 bits per heavy atom. The topological polar surface area (TPSA) is 18.5 Å². The van der Waals surface area contributed by atoms with E-state index in [0.717, 1.165) is 25.0 Å². The summed E-state index contributed by atoms with van der Waals surface area (Å²) in [5, 5.41) is 0. The zero-order valence-corrected chi connectivity index (χ0v) is 13.3. The minimum Gasteiger partial charge on any atom is -0.348 e. The first-order chi connectivity index (χ1) is 9.65. The first-order valence-electron chi connectivity index (χ1n) is 8.02. The number of hydrogen-bond acceptors (Lipinski definition) is 2. The summed E-state index contributed by atoms with van der Waals surface area (Å²) in [6.07, 6.45) is 3.58. The highest BCUT2D eigenvalue weighted by atomic mass is 16.7. The zero-order chi connectivity index (χ0) is 14.5. The molecule has 1 fully saturated rings. The normalized spacial score (nSPS) is 26.9. The van der Waals surface area contributed by atoms with Crippen LogP contribution in [0.3, 0.4) is 0 Å². The Morgan fingerprint density at radius 2 is 1.85 bits per heavy atom. The Balaban J connectivity index is 2.05. The summed E-state index contributed by atoms with van der Waals surface area (Å²) in [6, 6.07) is 8.67. The van der Waals surface area contributed by atoms with E-state index in [-0.39, 0.29) is 6.29 Å². The van der Waals surface area contributed by atoms with E-state index < -0.39 is 0 Å². The first-order valence-corrected chi connectivity index (χ1v) is 8.02. The summed E-state index contributed by atoms with van der Waals surface area (Å²) in [4.78, 5) is 0. The Morgan fingerprint density at radius 1 is 1.15 bits per heavy atom. The molecule has 2 nitrogen and oxygen atoms in total. The summed E-state index contributed by atoms with van der Waals surface area (Å²) in [6.45, 7) is 9.69. The Kier molecular flexibility index (Phi) is 5.62. The molecule has 2 rings (SSSR count). The van der Waals surface area contributed by atoms with Crippen LogP contribution in [0.1, 0.15) is 70.3 Å². The number of ether oxygens (including phenoxy) is 2. The molecule has 0 radical (unpaired) electrons. The minimum absolute atomic E-state index is 0.185. The molecule has 112 valence electrons. The van der Waals surface area contributed by atoms with Gasteiger partial charge in [-0.2, -0.15) is 0 Å². The van der Waals surface area contributed by atoms with E-state index in [1.165, 1.54) is 12.0 Å². The maximum atomic E-state index is 6.19. The molecule has 0 N–H and O–H groups in total. The highest BCUT2D eigenvalue weighted by Gasteiger charge is 2.30. The maximum absolute atomic E-state index is 6.19. The lowest BCUT2D eigenvalue weighted by Gasteiger charge is -2.36. The quantitative estimate of drug-likeness (QED) is 0.749. The van der Waals surface area contributed by atoms with Gasteiger partial charge < -0.3 is 9.47 Å². The van der Waals surface area contributed by atoms with Gasteiger partial charge >= 0.3 is 0 Å². The molecule has 1 aliphatic heterocycles. The van der Waals surface area contributed by atoms with E-state index >= 15 is 0 Å². The van der Waals surface area contributed by atoms with Crippen LogP contribution in [0.5, 0.6) is 0 Å². The number of hydrogen-bond donors (Lipinski definition) is 0. The molecular formula is C18H28O2. The SMILES string of the molecule is CCC[C@@H]1O[C@@H](c2ccc(C(C)C)cc2)OC[C@H]1CC. The lowest BCUT2D eigenvalue weighted by molar-refractivity contribution is -0.243. The van der Waals surface area contributed by atoms with Crippen LogP contribution < -0.4 is 0 Å². The van der Waals surface area contributed by atoms with Gasteiger partial charge in [-0.05, 0) is 24.3 Å². The Labute approximate surface area is 123 Å². The van der Waals surface area contributed by atoms with Gasteiger partial charge in [0.2, 0.25) is 0 Å². The third-order valence-corrected chi connectivity index (χ3v) is 4.26. The minimum atomic E-state index is -0.185. The van der Waals surface area contributed by atoms with Gasteiger partial charge in [0.25, 0.3) is 0 Å². The molecule has 0 saturated carbocycles. The van der Waals surface area contributed by atoms with Crippen molar-refractivity contribution in [2.45, 2.75) is 65.3 Å². The molecule has 0 spiro atoms. The van der Waals surface area contributed by atoms with Gasteiger partial charge in [-0.1, -0.05) is 58.4 Å². The van der Waals surface area contributed by atoms with Gasteiger partial charge in [0.15, 0.2) is 6.29 Å². The van der Waals surface area contributed by atoms with Crippen molar-refractivity contribution in [3.63, 3.8) is 0 Å². The zero-order valence-electron chi connectivity index (χ0n) is 13.3. The van der Waals surface area contributed by atoms with Crippen LogP contribution in [0.25, 0.3) is 0 Å². The fraction of sp³-hybridized carbons (Fsp3) is 0.667. The van der Waals surface area contributed by atoms with Crippen molar-refractivity contribution >= 4 is 0 Å². The molecule has 1 saturated heterocycles. The van der Waals surface area contributed by atoms with Crippen molar-refractivity contribution in [1.82, 2.24) is 0 Å². The third kappa shape index (κ3) is 3.62. The molecule has 1 aromatic rings. The summed E-state index contributed by atoms with van der Waals surface area (Å²) >= 11 is 0. The summed E-state index contributed by atoms with van der Waals surface area (Å²) in [5.74, 6) is 1.11. The molecule has 0 amide bonds. The molecule has 1 heterocycles. The molecular weight excluding hydrogens is 248 g/mol. The predicted molar refractivity (Wildman–Crippen MR) is 82.8 cm³/mol. The van der Waals surface area contributed by atoms with Crippen LogP contribution in [0.4, 0.5) is 0 Å². The van der Waals surface area contributed by atoms with E-state index in [4.69, 9.17) is 9.47 Å². The van der Waals surface area contributed by atoms with Crippen LogP contribution >= 0.6 is 0 Å². The van der Waals surface area contributed by atoms with E-state index in [1.54, 1.807) is 0 Å². The molecule has 0 unspecified atom stereocenters. The highest BCUT2D eigenvalue weighted by molar-refractivity contribution is 5.25. The molecule has 20 heavy (non-hydrogen) atoms. The van der Waals surface area contributed by atoms with Gasteiger partial charge in [0, 0.05) is 11.5 Å². The molecule has 0 aliphatic carbocycles.